The molecule has 20 heavy (non-hydrogen) atoms. The van der Waals surface area contributed by atoms with Gasteiger partial charge in [-0.1, -0.05) is 19.3 Å². The molecule has 1 aliphatic carbocycles. The van der Waals surface area contributed by atoms with E-state index in [9.17, 15) is 0 Å². The predicted octanol–water partition coefficient (Wildman–Crippen LogP) is 2.21. The summed E-state index contributed by atoms with van der Waals surface area (Å²) in [6.45, 7) is 0. The minimum atomic E-state index is 0.329. The Morgan fingerprint density at radius 3 is 2.55 bits per heavy atom. The van der Waals surface area contributed by atoms with Gasteiger partial charge in [0.05, 0.1) is 6.20 Å². The van der Waals surface area contributed by atoms with E-state index in [1.165, 1.54) is 44.1 Å². The van der Waals surface area contributed by atoms with Crippen molar-refractivity contribution in [3.63, 3.8) is 0 Å². The molecule has 0 saturated heterocycles. The van der Waals surface area contributed by atoms with E-state index in [-0.39, 0.29) is 0 Å². The van der Waals surface area contributed by atoms with Crippen LogP contribution in [0.2, 0.25) is 0 Å². The van der Waals surface area contributed by atoms with Crippen molar-refractivity contribution in [1.82, 2.24) is 20.0 Å². The first-order valence-corrected chi connectivity index (χ1v) is 7.91. The van der Waals surface area contributed by atoms with Gasteiger partial charge in [-0.3, -0.25) is 4.68 Å². The van der Waals surface area contributed by atoms with Crippen LogP contribution in [-0.2, 0) is 13.5 Å². The summed E-state index contributed by atoms with van der Waals surface area (Å²) >= 11 is 0. The van der Waals surface area contributed by atoms with Crippen molar-refractivity contribution in [2.24, 2.45) is 7.05 Å². The van der Waals surface area contributed by atoms with Crippen LogP contribution >= 0.6 is 0 Å². The second-order valence-corrected chi connectivity index (χ2v) is 6.46. The lowest BCUT2D eigenvalue weighted by molar-refractivity contribution is 0.0566. The fourth-order valence-electron chi connectivity index (χ4n) is 3.87. The van der Waals surface area contributed by atoms with Crippen molar-refractivity contribution in [2.75, 3.05) is 21.1 Å². The van der Waals surface area contributed by atoms with Gasteiger partial charge >= 0.3 is 0 Å². The van der Waals surface area contributed by atoms with E-state index in [4.69, 9.17) is 0 Å². The minimum Gasteiger partial charge on any atom is -0.315 e. The van der Waals surface area contributed by atoms with Gasteiger partial charge in [0.2, 0.25) is 0 Å². The zero-order chi connectivity index (χ0) is 14.6. The monoisotopic (exact) mass is 278 g/mol. The molecule has 1 saturated carbocycles. The molecule has 0 aromatic carbocycles. The number of nitrogens with one attached hydrogen (secondary N) is 1. The lowest BCUT2D eigenvalue weighted by atomic mass is 9.73. The van der Waals surface area contributed by atoms with Gasteiger partial charge < -0.3 is 10.2 Å². The summed E-state index contributed by atoms with van der Waals surface area (Å²) in [7, 11) is 8.61. The van der Waals surface area contributed by atoms with E-state index in [0.717, 1.165) is 6.42 Å². The van der Waals surface area contributed by atoms with Crippen LogP contribution in [0.1, 0.15) is 44.1 Å². The lowest BCUT2D eigenvalue weighted by Crippen LogP contribution is -2.59. The molecular weight excluding hydrogens is 248 g/mol. The summed E-state index contributed by atoms with van der Waals surface area (Å²) in [4.78, 5) is 2.47. The third-order valence-corrected chi connectivity index (χ3v) is 5.09. The third kappa shape index (κ3) is 3.23. The Balaban J connectivity index is 2.04. The molecule has 1 unspecified atom stereocenters. The molecule has 4 nitrogen and oxygen atoms in total. The SMILES string of the molecule is CNC(CCc1cnn(C)c1)C1(N(C)C)CCCCC1. The molecule has 1 heterocycles. The molecule has 1 fully saturated rings. The average Bonchev–Trinajstić information content (AvgIpc) is 2.86. The van der Waals surface area contributed by atoms with E-state index < -0.39 is 0 Å². The quantitative estimate of drug-likeness (QED) is 0.866. The second kappa shape index (κ2) is 6.72. The van der Waals surface area contributed by atoms with Crippen LogP contribution < -0.4 is 5.32 Å². The fourth-order valence-corrected chi connectivity index (χ4v) is 3.87. The van der Waals surface area contributed by atoms with Crippen LogP contribution in [-0.4, -0.2) is 47.4 Å². The molecule has 114 valence electrons. The van der Waals surface area contributed by atoms with E-state index in [1.807, 2.05) is 17.9 Å². The Bertz CT molecular complexity index is 404. The summed E-state index contributed by atoms with van der Waals surface area (Å²) in [5.74, 6) is 0. The van der Waals surface area contributed by atoms with E-state index in [1.54, 1.807) is 0 Å². The van der Waals surface area contributed by atoms with Crippen molar-refractivity contribution in [3.8, 4) is 0 Å². The van der Waals surface area contributed by atoms with Crippen LogP contribution in [0.4, 0.5) is 0 Å². The van der Waals surface area contributed by atoms with Gasteiger partial charge in [0, 0.05) is 24.8 Å². The van der Waals surface area contributed by atoms with Gasteiger partial charge in [0.25, 0.3) is 0 Å². The zero-order valence-corrected chi connectivity index (χ0v) is 13.5. The maximum atomic E-state index is 4.27. The van der Waals surface area contributed by atoms with Crippen LogP contribution in [0, 0.1) is 0 Å². The van der Waals surface area contributed by atoms with Gasteiger partial charge in [-0.05, 0) is 52.4 Å². The largest absolute Gasteiger partial charge is 0.315 e. The average molecular weight is 278 g/mol. The summed E-state index contributed by atoms with van der Waals surface area (Å²) in [6.07, 6.45) is 13.2. The third-order valence-electron chi connectivity index (χ3n) is 5.09. The second-order valence-electron chi connectivity index (χ2n) is 6.46. The van der Waals surface area contributed by atoms with Crippen LogP contribution in [0.15, 0.2) is 12.4 Å². The van der Waals surface area contributed by atoms with E-state index >= 15 is 0 Å². The van der Waals surface area contributed by atoms with Crippen molar-refractivity contribution >= 4 is 0 Å². The standard InChI is InChI=1S/C16H30N4/c1-17-15(9-8-14-12-18-20(4)13-14)16(19(2)3)10-6-5-7-11-16/h12-13,15,17H,5-11H2,1-4H3. The summed E-state index contributed by atoms with van der Waals surface area (Å²) in [5.41, 5.74) is 1.67. The number of likely N-dealkylation sites (N-methyl/N-ethyl adjacent to an activating group) is 2. The van der Waals surface area contributed by atoms with Gasteiger partial charge in [-0.15, -0.1) is 0 Å². The molecule has 1 aromatic rings. The molecule has 1 atom stereocenters. The Hall–Kier alpha value is -0.870. The number of aromatic nitrogens is 2. The molecule has 1 N–H and O–H groups in total. The Morgan fingerprint density at radius 1 is 1.35 bits per heavy atom. The number of aryl methyl sites for hydroxylation is 2. The topological polar surface area (TPSA) is 33.1 Å². The smallest absolute Gasteiger partial charge is 0.0521 e. The molecule has 1 aliphatic rings. The fraction of sp³-hybridized carbons (Fsp3) is 0.812. The number of rotatable bonds is 6. The highest BCUT2D eigenvalue weighted by molar-refractivity contribution is 5.07. The minimum absolute atomic E-state index is 0.329. The zero-order valence-electron chi connectivity index (χ0n) is 13.5. The first kappa shape index (κ1) is 15.5. The molecule has 4 heteroatoms. The van der Waals surface area contributed by atoms with Crippen molar-refractivity contribution in [3.05, 3.63) is 18.0 Å². The Kier molecular flexibility index (Phi) is 5.22. The maximum Gasteiger partial charge on any atom is 0.0521 e. The molecule has 0 aliphatic heterocycles. The van der Waals surface area contributed by atoms with Gasteiger partial charge in [-0.25, -0.2) is 0 Å². The summed E-state index contributed by atoms with van der Waals surface area (Å²) in [5, 5.41) is 7.87. The molecular formula is C16H30N4. The van der Waals surface area contributed by atoms with Crippen molar-refractivity contribution in [1.29, 1.82) is 0 Å². The number of hydrogen-bond acceptors (Lipinski definition) is 3. The van der Waals surface area contributed by atoms with Gasteiger partial charge in [0.15, 0.2) is 0 Å². The van der Waals surface area contributed by atoms with Crippen molar-refractivity contribution in [2.45, 2.75) is 56.5 Å². The van der Waals surface area contributed by atoms with Crippen molar-refractivity contribution < 1.29 is 0 Å². The molecule has 0 spiro atoms. The van der Waals surface area contributed by atoms with Crippen LogP contribution in [0.3, 0.4) is 0 Å². The summed E-state index contributed by atoms with van der Waals surface area (Å²) in [6, 6.07) is 0.554. The molecule has 0 amide bonds. The molecule has 2 rings (SSSR count). The van der Waals surface area contributed by atoms with Gasteiger partial charge in [-0.2, -0.15) is 5.10 Å². The highest BCUT2D eigenvalue weighted by Gasteiger charge is 2.40. The number of hydrogen-bond donors (Lipinski definition) is 1. The highest BCUT2D eigenvalue weighted by Crippen LogP contribution is 2.36. The first-order chi connectivity index (χ1) is 9.58. The predicted molar refractivity (Wildman–Crippen MR) is 83.9 cm³/mol. The molecule has 0 bridgehead atoms. The van der Waals surface area contributed by atoms with Crippen LogP contribution in [0.5, 0.6) is 0 Å². The molecule has 0 radical (unpaired) electrons. The Morgan fingerprint density at radius 2 is 2.05 bits per heavy atom. The lowest BCUT2D eigenvalue weighted by Gasteiger charge is -2.48. The number of nitrogens with zero attached hydrogens (tertiary/aromatic N) is 3. The van der Waals surface area contributed by atoms with Crippen LogP contribution in [0.25, 0.3) is 0 Å². The summed E-state index contributed by atoms with van der Waals surface area (Å²) < 4.78 is 1.89. The Labute approximate surface area is 123 Å². The van der Waals surface area contributed by atoms with Gasteiger partial charge in [0.1, 0.15) is 0 Å². The maximum absolute atomic E-state index is 4.27. The normalized spacial score (nSPS) is 20.2. The van der Waals surface area contributed by atoms with E-state index in [0.29, 0.717) is 11.6 Å². The molecule has 1 aromatic heterocycles. The van der Waals surface area contributed by atoms with E-state index in [2.05, 4.69) is 42.7 Å². The highest BCUT2D eigenvalue weighted by atomic mass is 15.2. The first-order valence-electron chi connectivity index (χ1n) is 7.91.